The van der Waals surface area contributed by atoms with Crippen LogP contribution in [0.25, 0.3) is 0 Å². The summed E-state index contributed by atoms with van der Waals surface area (Å²) in [6.07, 6.45) is 2.36. The first-order chi connectivity index (χ1) is 8.63. The number of halogens is 2. The SMILES string of the molecule is CNC(Cc1cccc(F)c1Cl)c1ccnn1C. The lowest BCUT2D eigenvalue weighted by Crippen LogP contribution is -2.21. The minimum Gasteiger partial charge on any atom is -0.311 e. The van der Waals surface area contributed by atoms with Crippen molar-refractivity contribution in [1.82, 2.24) is 15.1 Å². The number of aryl methyl sites for hydroxylation is 1. The number of hydrogen-bond acceptors (Lipinski definition) is 2. The molecule has 2 aromatic rings. The summed E-state index contributed by atoms with van der Waals surface area (Å²) in [4.78, 5) is 0. The van der Waals surface area contributed by atoms with Crippen LogP contribution in [0.3, 0.4) is 0 Å². The summed E-state index contributed by atoms with van der Waals surface area (Å²) in [6, 6.07) is 6.87. The summed E-state index contributed by atoms with van der Waals surface area (Å²) in [6.45, 7) is 0. The van der Waals surface area contributed by atoms with E-state index in [-0.39, 0.29) is 16.9 Å². The molecule has 0 fully saturated rings. The summed E-state index contributed by atoms with van der Waals surface area (Å²) in [5, 5.41) is 7.53. The molecule has 0 aliphatic rings. The van der Waals surface area contributed by atoms with Gasteiger partial charge in [-0.25, -0.2) is 4.39 Å². The predicted octanol–water partition coefficient (Wildman–Crippen LogP) is 2.72. The second-order valence-electron chi connectivity index (χ2n) is 4.14. The lowest BCUT2D eigenvalue weighted by molar-refractivity contribution is 0.535. The third-order valence-corrected chi connectivity index (χ3v) is 3.44. The van der Waals surface area contributed by atoms with Crippen LogP contribution in [0.2, 0.25) is 5.02 Å². The quantitative estimate of drug-likeness (QED) is 0.923. The van der Waals surface area contributed by atoms with Gasteiger partial charge in [-0.05, 0) is 31.2 Å². The third kappa shape index (κ3) is 2.54. The van der Waals surface area contributed by atoms with Crippen LogP contribution in [0, 0.1) is 5.82 Å². The van der Waals surface area contributed by atoms with Crippen LogP contribution in [0.1, 0.15) is 17.3 Å². The molecule has 2 rings (SSSR count). The van der Waals surface area contributed by atoms with Gasteiger partial charge in [-0.1, -0.05) is 23.7 Å². The average molecular weight is 268 g/mol. The molecule has 96 valence electrons. The standard InChI is InChI=1S/C13H15ClFN3/c1-16-11(12-6-7-17-18(12)2)8-9-4-3-5-10(15)13(9)14/h3-7,11,16H,8H2,1-2H3. The fraction of sp³-hybridized carbons (Fsp3) is 0.308. The molecule has 0 saturated heterocycles. The third-order valence-electron chi connectivity index (χ3n) is 3.02. The Morgan fingerprint density at radius 3 is 2.83 bits per heavy atom. The van der Waals surface area contributed by atoms with Crippen molar-refractivity contribution in [3.63, 3.8) is 0 Å². The van der Waals surface area contributed by atoms with Gasteiger partial charge in [-0.3, -0.25) is 4.68 Å². The molecule has 0 radical (unpaired) electrons. The highest BCUT2D eigenvalue weighted by Crippen LogP contribution is 2.25. The lowest BCUT2D eigenvalue weighted by atomic mass is 10.0. The number of nitrogens with one attached hydrogen (secondary N) is 1. The maximum Gasteiger partial charge on any atom is 0.142 e. The van der Waals surface area contributed by atoms with E-state index in [0.29, 0.717) is 6.42 Å². The van der Waals surface area contributed by atoms with Crippen molar-refractivity contribution in [3.8, 4) is 0 Å². The largest absolute Gasteiger partial charge is 0.311 e. The molecule has 5 heteroatoms. The number of hydrogen-bond donors (Lipinski definition) is 1. The van der Waals surface area contributed by atoms with E-state index in [1.165, 1.54) is 6.07 Å². The first-order valence-electron chi connectivity index (χ1n) is 5.71. The zero-order valence-electron chi connectivity index (χ0n) is 10.3. The highest BCUT2D eigenvalue weighted by molar-refractivity contribution is 6.31. The predicted molar refractivity (Wildman–Crippen MR) is 70.1 cm³/mol. The van der Waals surface area contributed by atoms with Gasteiger partial charge < -0.3 is 5.32 Å². The molecule has 0 aliphatic carbocycles. The van der Waals surface area contributed by atoms with Crippen molar-refractivity contribution in [2.45, 2.75) is 12.5 Å². The molecule has 1 heterocycles. The lowest BCUT2D eigenvalue weighted by Gasteiger charge is -2.17. The Labute approximate surface area is 111 Å². The maximum atomic E-state index is 13.4. The molecule has 1 N–H and O–H groups in total. The summed E-state index contributed by atoms with van der Waals surface area (Å²) >= 11 is 5.97. The molecule has 3 nitrogen and oxygen atoms in total. The molecule has 1 unspecified atom stereocenters. The Kier molecular flexibility index (Phi) is 3.99. The smallest absolute Gasteiger partial charge is 0.142 e. The van der Waals surface area contributed by atoms with E-state index in [0.717, 1.165) is 11.3 Å². The van der Waals surface area contributed by atoms with Gasteiger partial charge in [-0.2, -0.15) is 5.10 Å². The van der Waals surface area contributed by atoms with Gasteiger partial charge in [0.2, 0.25) is 0 Å². The second kappa shape index (κ2) is 5.50. The summed E-state index contributed by atoms with van der Waals surface area (Å²) in [5.41, 5.74) is 1.83. The van der Waals surface area contributed by atoms with Crippen LogP contribution in [-0.2, 0) is 13.5 Å². The van der Waals surface area contributed by atoms with Gasteiger partial charge in [0.05, 0.1) is 16.8 Å². The molecule has 0 spiro atoms. The summed E-state index contributed by atoms with van der Waals surface area (Å²) in [5.74, 6) is -0.381. The fourth-order valence-electron chi connectivity index (χ4n) is 2.01. The van der Waals surface area contributed by atoms with E-state index >= 15 is 0 Å². The Hall–Kier alpha value is -1.39. The van der Waals surface area contributed by atoms with Crippen LogP contribution < -0.4 is 5.32 Å². The number of aromatic nitrogens is 2. The Bertz CT molecular complexity index is 539. The highest BCUT2D eigenvalue weighted by atomic mass is 35.5. The van der Waals surface area contributed by atoms with Crippen LogP contribution in [0.15, 0.2) is 30.5 Å². The number of benzene rings is 1. The second-order valence-corrected chi connectivity index (χ2v) is 4.52. The van der Waals surface area contributed by atoms with E-state index in [2.05, 4.69) is 10.4 Å². The summed E-state index contributed by atoms with van der Waals surface area (Å²) < 4.78 is 15.2. The molecule has 1 atom stereocenters. The summed E-state index contributed by atoms with van der Waals surface area (Å²) in [7, 11) is 3.75. The van der Waals surface area contributed by atoms with E-state index in [1.54, 1.807) is 16.9 Å². The van der Waals surface area contributed by atoms with Gasteiger partial charge in [0.15, 0.2) is 0 Å². The first kappa shape index (κ1) is 13.1. The Morgan fingerprint density at radius 2 is 2.22 bits per heavy atom. The van der Waals surface area contributed by atoms with Gasteiger partial charge in [0.1, 0.15) is 5.82 Å². The zero-order valence-corrected chi connectivity index (χ0v) is 11.1. The molecule has 1 aromatic carbocycles. The van der Waals surface area contributed by atoms with Gasteiger partial charge in [-0.15, -0.1) is 0 Å². The average Bonchev–Trinajstić information content (AvgIpc) is 2.77. The van der Waals surface area contributed by atoms with Gasteiger partial charge in [0.25, 0.3) is 0 Å². The number of nitrogens with zero attached hydrogens (tertiary/aromatic N) is 2. The van der Waals surface area contributed by atoms with E-state index in [1.807, 2.05) is 26.2 Å². The molecule has 18 heavy (non-hydrogen) atoms. The highest BCUT2D eigenvalue weighted by Gasteiger charge is 2.16. The minimum atomic E-state index is -0.381. The van der Waals surface area contributed by atoms with Crippen molar-refractivity contribution in [1.29, 1.82) is 0 Å². The maximum absolute atomic E-state index is 13.4. The Balaban J connectivity index is 2.26. The van der Waals surface area contributed by atoms with Crippen LogP contribution in [-0.4, -0.2) is 16.8 Å². The molecular weight excluding hydrogens is 253 g/mol. The van der Waals surface area contributed by atoms with E-state index < -0.39 is 0 Å². The van der Waals surface area contributed by atoms with Crippen LogP contribution in [0.4, 0.5) is 4.39 Å². The fourth-order valence-corrected chi connectivity index (χ4v) is 2.21. The van der Waals surface area contributed by atoms with Crippen molar-refractivity contribution < 1.29 is 4.39 Å². The van der Waals surface area contributed by atoms with Crippen molar-refractivity contribution in [2.24, 2.45) is 7.05 Å². The number of likely N-dealkylation sites (N-methyl/N-ethyl adjacent to an activating group) is 1. The molecule has 0 bridgehead atoms. The Morgan fingerprint density at radius 1 is 1.44 bits per heavy atom. The topological polar surface area (TPSA) is 29.9 Å². The van der Waals surface area contributed by atoms with E-state index in [4.69, 9.17) is 11.6 Å². The van der Waals surface area contributed by atoms with Gasteiger partial charge in [0, 0.05) is 13.2 Å². The minimum absolute atomic E-state index is 0.0526. The zero-order chi connectivity index (χ0) is 13.1. The van der Waals surface area contributed by atoms with Gasteiger partial charge >= 0.3 is 0 Å². The molecule has 0 saturated carbocycles. The molecule has 0 amide bonds. The number of rotatable bonds is 4. The van der Waals surface area contributed by atoms with E-state index in [9.17, 15) is 4.39 Å². The molecular formula is C13H15ClFN3. The molecule has 1 aromatic heterocycles. The van der Waals surface area contributed by atoms with Crippen molar-refractivity contribution in [2.75, 3.05) is 7.05 Å². The van der Waals surface area contributed by atoms with Crippen LogP contribution in [0.5, 0.6) is 0 Å². The monoisotopic (exact) mass is 267 g/mol. The molecule has 0 aliphatic heterocycles. The van der Waals surface area contributed by atoms with Crippen molar-refractivity contribution in [3.05, 3.63) is 52.6 Å². The first-order valence-corrected chi connectivity index (χ1v) is 6.09. The van der Waals surface area contributed by atoms with Crippen molar-refractivity contribution >= 4 is 11.6 Å². The van der Waals surface area contributed by atoms with Crippen LogP contribution >= 0.6 is 11.6 Å². The normalized spacial score (nSPS) is 12.7.